The van der Waals surface area contributed by atoms with E-state index in [4.69, 9.17) is 5.73 Å². The van der Waals surface area contributed by atoms with Crippen molar-refractivity contribution in [3.63, 3.8) is 0 Å². The van der Waals surface area contributed by atoms with Crippen LogP contribution < -0.4 is 10.6 Å². The van der Waals surface area contributed by atoms with E-state index in [0.29, 0.717) is 18.1 Å². The maximum Gasteiger partial charge on any atom is 0.356 e. The molecule has 0 aliphatic carbocycles. The van der Waals surface area contributed by atoms with Crippen molar-refractivity contribution in [2.75, 3.05) is 24.8 Å². The smallest absolute Gasteiger partial charge is 0.356 e. The first-order chi connectivity index (χ1) is 9.61. The molecular weight excluding hydrogens is 256 g/mol. The quantitative estimate of drug-likeness (QED) is 0.849. The van der Waals surface area contributed by atoms with Gasteiger partial charge in [0.2, 0.25) is 0 Å². The van der Waals surface area contributed by atoms with Crippen molar-refractivity contribution in [2.24, 2.45) is 0 Å². The molecule has 0 aromatic carbocycles. The molecule has 0 atom stereocenters. The highest BCUT2D eigenvalue weighted by molar-refractivity contribution is 5.88. The number of nitrogen functional groups attached to an aromatic ring is 1. The topological polar surface area (TPSA) is 81.3 Å². The van der Waals surface area contributed by atoms with Crippen molar-refractivity contribution in [1.29, 1.82) is 0 Å². The van der Waals surface area contributed by atoms with Gasteiger partial charge in [0, 0.05) is 26.0 Å². The molecule has 2 heterocycles. The van der Waals surface area contributed by atoms with Gasteiger partial charge in [-0.2, -0.15) is 0 Å². The minimum Gasteiger partial charge on any atom is -0.464 e. The van der Waals surface area contributed by atoms with Gasteiger partial charge in [-0.15, -0.1) is 0 Å². The summed E-state index contributed by atoms with van der Waals surface area (Å²) in [6.07, 6.45) is 3.45. The van der Waals surface area contributed by atoms with Gasteiger partial charge in [0.05, 0.1) is 12.8 Å². The van der Waals surface area contributed by atoms with E-state index in [1.54, 1.807) is 24.5 Å². The van der Waals surface area contributed by atoms with Crippen LogP contribution in [0, 0.1) is 0 Å². The lowest BCUT2D eigenvalue weighted by molar-refractivity contribution is 0.0594. The van der Waals surface area contributed by atoms with Gasteiger partial charge in [0.25, 0.3) is 0 Å². The molecule has 2 aromatic heterocycles. The molecule has 20 heavy (non-hydrogen) atoms. The van der Waals surface area contributed by atoms with Crippen molar-refractivity contribution >= 4 is 17.5 Å². The molecule has 2 aromatic rings. The number of carbonyl (C=O) groups excluding carboxylic acids is 1. The fourth-order valence-corrected chi connectivity index (χ4v) is 1.82. The molecule has 0 aliphatic heterocycles. The summed E-state index contributed by atoms with van der Waals surface area (Å²) in [5, 5.41) is 0. The Bertz CT molecular complexity index is 601. The van der Waals surface area contributed by atoms with Gasteiger partial charge < -0.3 is 15.4 Å². The summed E-state index contributed by atoms with van der Waals surface area (Å²) >= 11 is 0. The van der Waals surface area contributed by atoms with E-state index in [0.717, 1.165) is 5.56 Å². The summed E-state index contributed by atoms with van der Waals surface area (Å²) in [7, 11) is 3.18. The highest BCUT2D eigenvalue weighted by Gasteiger charge is 2.13. The Morgan fingerprint density at radius 2 is 2.00 bits per heavy atom. The second-order valence-electron chi connectivity index (χ2n) is 4.31. The van der Waals surface area contributed by atoms with Gasteiger partial charge in [-0.3, -0.25) is 4.98 Å². The number of nitrogens with zero attached hydrogens (tertiary/aromatic N) is 3. The predicted molar refractivity (Wildman–Crippen MR) is 76.3 cm³/mol. The van der Waals surface area contributed by atoms with Crippen LogP contribution in [0.25, 0.3) is 0 Å². The number of rotatable bonds is 4. The molecule has 0 spiro atoms. The van der Waals surface area contributed by atoms with E-state index in [1.165, 1.54) is 7.11 Å². The number of ether oxygens (including phenoxy) is 1. The Hall–Kier alpha value is -2.63. The van der Waals surface area contributed by atoms with E-state index < -0.39 is 5.97 Å². The summed E-state index contributed by atoms with van der Waals surface area (Å²) in [5.41, 5.74) is 7.74. The second kappa shape index (κ2) is 6.01. The average molecular weight is 272 g/mol. The predicted octanol–water partition coefficient (Wildman–Crippen LogP) is 1.48. The standard InChI is InChI=1S/C14H16N4O2/c1-18(9-10-5-7-16-8-6-10)13-11(15)3-4-12(17-13)14(19)20-2/h3-8H,9,15H2,1-2H3. The van der Waals surface area contributed by atoms with Crippen molar-refractivity contribution in [3.05, 3.63) is 47.9 Å². The fourth-order valence-electron chi connectivity index (χ4n) is 1.82. The summed E-state index contributed by atoms with van der Waals surface area (Å²) in [4.78, 5) is 21.6. The Kier molecular flexibility index (Phi) is 4.14. The lowest BCUT2D eigenvalue weighted by Gasteiger charge is -2.20. The molecule has 2 N–H and O–H groups in total. The SMILES string of the molecule is COC(=O)c1ccc(N)c(N(C)Cc2ccncc2)n1. The Balaban J connectivity index is 2.25. The summed E-state index contributed by atoms with van der Waals surface area (Å²) in [5.74, 6) is 0.0632. The van der Waals surface area contributed by atoms with E-state index in [2.05, 4.69) is 14.7 Å². The first kappa shape index (κ1) is 13.8. The molecule has 0 saturated heterocycles. The second-order valence-corrected chi connectivity index (χ2v) is 4.31. The molecule has 0 unspecified atom stereocenters. The van der Waals surface area contributed by atoms with E-state index in [1.807, 2.05) is 24.1 Å². The number of hydrogen-bond acceptors (Lipinski definition) is 6. The molecule has 0 fully saturated rings. The van der Waals surface area contributed by atoms with Gasteiger partial charge in [0.1, 0.15) is 0 Å². The monoisotopic (exact) mass is 272 g/mol. The number of esters is 1. The summed E-state index contributed by atoms with van der Waals surface area (Å²) in [6.45, 7) is 0.615. The number of carbonyl (C=O) groups is 1. The minimum absolute atomic E-state index is 0.235. The van der Waals surface area contributed by atoms with E-state index in [-0.39, 0.29) is 5.69 Å². The van der Waals surface area contributed by atoms with Crippen molar-refractivity contribution in [1.82, 2.24) is 9.97 Å². The van der Waals surface area contributed by atoms with Crippen LogP contribution in [0.15, 0.2) is 36.7 Å². The van der Waals surface area contributed by atoms with Gasteiger partial charge in [-0.25, -0.2) is 9.78 Å². The normalized spacial score (nSPS) is 10.1. The van der Waals surface area contributed by atoms with E-state index >= 15 is 0 Å². The van der Waals surface area contributed by atoms with Crippen molar-refractivity contribution in [2.45, 2.75) is 6.54 Å². The van der Waals surface area contributed by atoms with Crippen LogP contribution in [-0.4, -0.2) is 30.1 Å². The summed E-state index contributed by atoms with van der Waals surface area (Å²) in [6, 6.07) is 7.02. The maximum absolute atomic E-state index is 11.5. The number of nitrogens with two attached hydrogens (primary N) is 1. The van der Waals surface area contributed by atoms with Crippen LogP contribution in [0.4, 0.5) is 11.5 Å². The van der Waals surface area contributed by atoms with Crippen molar-refractivity contribution < 1.29 is 9.53 Å². The molecule has 104 valence electrons. The van der Waals surface area contributed by atoms with Crippen LogP contribution >= 0.6 is 0 Å². The van der Waals surface area contributed by atoms with Gasteiger partial charge in [0.15, 0.2) is 11.5 Å². The molecular formula is C14H16N4O2. The molecule has 2 rings (SSSR count). The molecule has 6 nitrogen and oxygen atoms in total. The van der Waals surface area contributed by atoms with E-state index in [9.17, 15) is 4.79 Å². The van der Waals surface area contributed by atoms with Crippen LogP contribution in [0.5, 0.6) is 0 Å². The highest BCUT2D eigenvalue weighted by Crippen LogP contribution is 2.21. The third kappa shape index (κ3) is 3.03. The van der Waals surface area contributed by atoms with Crippen molar-refractivity contribution in [3.8, 4) is 0 Å². The minimum atomic E-state index is -0.483. The molecule has 0 bridgehead atoms. The third-order valence-electron chi connectivity index (χ3n) is 2.83. The molecule has 0 amide bonds. The van der Waals surface area contributed by atoms with Crippen LogP contribution in [0.2, 0.25) is 0 Å². The van der Waals surface area contributed by atoms with Gasteiger partial charge >= 0.3 is 5.97 Å². The van der Waals surface area contributed by atoms with Crippen LogP contribution in [0.1, 0.15) is 16.1 Å². The fraction of sp³-hybridized carbons (Fsp3) is 0.214. The Morgan fingerprint density at radius 1 is 1.30 bits per heavy atom. The maximum atomic E-state index is 11.5. The highest BCUT2D eigenvalue weighted by atomic mass is 16.5. The molecule has 0 aliphatic rings. The van der Waals surface area contributed by atoms with Gasteiger partial charge in [-0.05, 0) is 29.8 Å². The Morgan fingerprint density at radius 3 is 2.65 bits per heavy atom. The number of pyridine rings is 2. The van der Waals surface area contributed by atoms with Crippen LogP contribution in [0.3, 0.4) is 0 Å². The zero-order valence-corrected chi connectivity index (χ0v) is 11.4. The van der Waals surface area contributed by atoms with Crippen LogP contribution in [-0.2, 0) is 11.3 Å². The first-order valence-electron chi connectivity index (χ1n) is 6.06. The first-order valence-corrected chi connectivity index (χ1v) is 6.06. The molecule has 0 radical (unpaired) electrons. The third-order valence-corrected chi connectivity index (χ3v) is 2.83. The largest absolute Gasteiger partial charge is 0.464 e. The zero-order chi connectivity index (χ0) is 14.5. The molecule has 0 saturated carbocycles. The lowest BCUT2D eigenvalue weighted by atomic mass is 10.2. The number of hydrogen-bond donors (Lipinski definition) is 1. The number of aromatic nitrogens is 2. The lowest BCUT2D eigenvalue weighted by Crippen LogP contribution is -2.20. The zero-order valence-electron chi connectivity index (χ0n) is 11.4. The number of anilines is 2. The van der Waals surface area contributed by atoms with Gasteiger partial charge in [-0.1, -0.05) is 0 Å². The number of methoxy groups -OCH3 is 1. The summed E-state index contributed by atoms with van der Waals surface area (Å²) < 4.78 is 4.66. The Labute approximate surface area is 117 Å². The average Bonchev–Trinajstić information content (AvgIpc) is 2.48. The molecule has 6 heteroatoms.